The fraction of sp³-hybridized carbons (Fsp3) is 0.333. The van der Waals surface area contributed by atoms with E-state index >= 15 is 0 Å². The van der Waals surface area contributed by atoms with E-state index in [1.54, 1.807) is 11.8 Å². The molecule has 10 nitrogen and oxygen atoms in total. The number of nitrogens with zero attached hydrogens (tertiary/aromatic N) is 7. The molecule has 4 aromatic rings. The average molecular weight is 522 g/mol. The van der Waals surface area contributed by atoms with Crippen molar-refractivity contribution in [2.75, 3.05) is 13.7 Å². The number of tetrazole rings is 1. The van der Waals surface area contributed by atoms with Crippen molar-refractivity contribution in [3.63, 3.8) is 0 Å². The largest absolute Gasteiger partial charge is 1.00 e. The van der Waals surface area contributed by atoms with Crippen LogP contribution in [0.15, 0.2) is 48.5 Å². The van der Waals surface area contributed by atoms with Crippen molar-refractivity contribution >= 4 is 11.9 Å². The van der Waals surface area contributed by atoms with Crippen LogP contribution in [0.4, 0.5) is 0 Å². The van der Waals surface area contributed by atoms with Crippen LogP contribution in [0.5, 0.6) is 0 Å². The molecule has 11 heteroatoms. The quantitative estimate of drug-likeness (QED) is 0.259. The van der Waals surface area contributed by atoms with Crippen molar-refractivity contribution < 1.29 is 43.9 Å². The minimum atomic E-state index is -1.30. The Morgan fingerprint density at radius 2 is 1.82 bits per heavy atom. The van der Waals surface area contributed by atoms with Gasteiger partial charge in [-0.1, -0.05) is 43.3 Å². The SMILES string of the molecule is CCCc1nc2c(n1-c1ccc(-c3ccccc3-c3nnn[n-]3)cc1)C(C)(C(=O)OC)N(C(C)=O)CC2.[Na+]. The summed E-state index contributed by atoms with van der Waals surface area (Å²) in [5.74, 6) is 0.639. The van der Waals surface area contributed by atoms with Gasteiger partial charge < -0.3 is 14.7 Å². The van der Waals surface area contributed by atoms with E-state index in [4.69, 9.17) is 9.72 Å². The fourth-order valence-corrected chi connectivity index (χ4v) is 5.28. The number of hydrogen-bond donors (Lipinski definition) is 0. The summed E-state index contributed by atoms with van der Waals surface area (Å²) in [5.41, 5.74) is 3.81. The maximum atomic E-state index is 13.2. The molecule has 1 aliphatic heterocycles. The molecule has 2 aromatic heterocycles. The van der Waals surface area contributed by atoms with E-state index in [0.29, 0.717) is 24.5 Å². The number of ether oxygens (including phenoxy) is 1. The fourth-order valence-electron chi connectivity index (χ4n) is 5.28. The summed E-state index contributed by atoms with van der Waals surface area (Å²) in [6.45, 7) is 5.72. The van der Waals surface area contributed by atoms with Crippen LogP contribution in [0.3, 0.4) is 0 Å². The Hall–Kier alpha value is -3.34. The van der Waals surface area contributed by atoms with Gasteiger partial charge in [0, 0.05) is 37.8 Å². The standard InChI is InChI=1S/C27H28N7O3.Na/c1-5-8-23-28-22-15-16-33(17(2)35)27(3,26(36)37-4)24(22)34(23)19-13-11-18(12-14-19)20-9-6-7-10-21(20)25-29-31-32-30-25;/h6-7,9-14H,5,8,15-16H2,1-4H3;/q-1;+1. The van der Waals surface area contributed by atoms with E-state index in [1.807, 2.05) is 53.1 Å². The Morgan fingerprint density at radius 3 is 2.42 bits per heavy atom. The molecule has 190 valence electrons. The number of carbonyl (C=O) groups is 2. The van der Waals surface area contributed by atoms with Gasteiger partial charge in [0.1, 0.15) is 5.82 Å². The first-order chi connectivity index (χ1) is 17.9. The summed E-state index contributed by atoms with van der Waals surface area (Å²) in [5, 5.41) is 15.3. The minimum absolute atomic E-state index is 0. The third-order valence-corrected chi connectivity index (χ3v) is 6.95. The van der Waals surface area contributed by atoms with Crippen LogP contribution < -0.4 is 34.7 Å². The van der Waals surface area contributed by atoms with E-state index in [-0.39, 0.29) is 35.5 Å². The zero-order valence-electron chi connectivity index (χ0n) is 22.3. The Morgan fingerprint density at radius 1 is 1.11 bits per heavy atom. The van der Waals surface area contributed by atoms with E-state index in [0.717, 1.165) is 46.7 Å². The molecule has 0 fully saturated rings. The van der Waals surface area contributed by atoms with Gasteiger partial charge in [-0.25, -0.2) is 9.78 Å². The number of benzene rings is 2. The molecular formula is C27H28N7NaO3. The first-order valence-electron chi connectivity index (χ1n) is 12.3. The number of aryl methyl sites for hydroxylation is 1. The van der Waals surface area contributed by atoms with E-state index in [9.17, 15) is 9.59 Å². The predicted molar refractivity (Wildman–Crippen MR) is 136 cm³/mol. The van der Waals surface area contributed by atoms with Gasteiger partial charge in [0.2, 0.25) is 5.91 Å². The van der Waals surface area contributed by atoms with Crippen molar-refractivity contribution in [2.45, 2.75) is 45.6 Å². The summed E-state index contributed by atoms with van der Waals surface area (Å²) < 4.78 is 7.24. The molecule has 3 heterocycles. The van der Waals surface area contributed by atoms with E-state index in [1.165, 1.54) is 14.0 Å². The number of hydrogen-bond acceptors (Lipinski definition) is 7. The van der Waals surface area contributed by atoms with Gasteiger partial charge in [-0.15, -0.1) is 0 Å². The third kappa shape index (κ3) is 4.57. The average Bonchev–Trinajstić information content (AvgIpc) is 3.57. The number of methoxy groups -OCH3 is 1. The summed E-state index contributed by atoms with van der Waals surface area (Å²) in [7, 11) is 1.35. The first kappa shape index (κ1) is 27.7. The zero-order valence-corrected chi connectivity index (χ0v) is 24.3. The topological polar surface area (TPSA) is 117 Å². The van der Waals surface area contributed by atoms with Gasteiger partial charge >= 0.3 is 35.5 Å². The molecule has 0 radical (unpaired) electrons. The second kappa shape index (κ2) is 11.2. The van der Waals surface area contributed by atoms with Gasteiger partial charge in [-0.3, -0.25) is 19.7 Å². The minimum Gasteiger partial charge on any atom is -0.467 e. The van der Waals surface area contributed by atoms with Crippen LogP contribution in [0, 0.1) is 0 Å². The molecule has 0 saturated heterocycles. The summed E-state index contributed by atoms with van der Waals surface area (Å²) in [6, 6.07) is 15.8. The molecule has 1 amide bonds. The normalized spacial score (nSPS) is 16.5. The summed E-state index contributed by atoms with van der Waals surface area (Å²) >= 11 is 0. The van der Waals surface area contributed by atoms with Crippen molar-refractivity contribution in [2.24, 2.45) is 0 Å². The van der Waals surface area contributed by atoms with Crippen molar-refractivity contribution in [3.05, 3.63) is 65.7 Å². The smallest absolute Gasteiger partial charge is 0.467 e. The molecule has 0 bridgehead atoms. The van der Waals surface area contributed by atoms with Crippen LogP contribution in [-0.2, 0) is 32.7 Å². The number of amides is 1. The number of rotatable bonds is 6. The summed E-state index contributed by atoms with van der Waals surface area (Å²) in [4.78, 5) is 32.4. The molecule has 1 unspecified atom stereocenters. The Bertz CT molecular complexity index is 1450. The molecule has 0 N–H and O–H groups in total. The van der Waals surface area contributed by atoms with Crippen LogP contribution >= 0.6 is 0 Å². The van der Waals surface area contributed by atoms with Crippen LogP contribution in [0.1, 0.15) is 44.4 Å². The number of fused-ring (bicyclic) bond motifs is 1. The second-order valence-electron chi connectivity index (χ2n) is 9.19. The molecule has 0 saturated carbocycles. The van der Waals surface area contributed by atoms with Gasteiger partial charge in [-0.05, 0) is 42.2 Å². The molecule has 38 heavy (non-hydrogen) atoms. The molecule has 1 atom stereocenters. The molecule has 5 rings (SSSR count). The maximum absolute atomic E-state index is 13.2. The van der Waals surface area contributed by atoms with Crippen LogP contribution in [0.25, 0.3) is 28.2 Å². The number of aromatic nitrogens is 6. The predicted octanol–water partition coefficient (Wildman–Crippen LogP) is 0.0978. The van der Waals surface area contributed by atoms with Crippen molar-refractivity contribution in [3.8, 4) is 28.2 Å². The number of esters is 1. The molecule has 2 aromatic carbocycles. The van der Waals surface area contributed by atoms with Gasteiger partial charge in [0.15, 0.2) is 5.54 Å². The van der Waals surface area contributed by atoms with Crippen molar-refractivity contribution in [1.82, 2.24) is 35.1 Å². The Kier molecular flexibility index (Phi) is 8.15. The van der Waals surface area contributed by atoms with Gasteiger partial charge in [0.25, 0.3) is 0 Å². The van der Waals surface area contributed by atoms with Crippen molar-refractivity contribution in [1.29, 1.82) is 0 Å². The Balaban J connectivity index is 0.00000336. The number of imidazole rings is 1. The molecular weight excluding hydrogens is 493 g/mol. The monoisotopic (exact) mass is 521 g/mol. The van der Waals surface area contributed by atoms with Gasteiger partial charge in [-0.2, -0.15) is 5.21 Å². The molecule has 0 spiro atoms. The molecule has 1 aliphatic rings. The molecule has 0 aliphatic carbocycles. The van der Waals surface area contributed by atoms with Gasteiger partial charge in [0.05, 0.1) is 18.5 Å². The Labute approximate surface area is 243 Å². The zero-order chi connectivity index (χ0) is 26.2. The van der Waals surface area contributed by atoms with E-state index in [2.05, 4.69) is 27.5 Å². The summed E-state index contributed by atoms with van der Waals surface area (Å²) in [6.07, 6.45) is 2.18. The maximum Gasteiger partial charge on any atom is 1.00 e. The van der Waals surface area contributed by atoms with Crippen LogP contribution in [0.2, 0.25) is 0 Å². The number of carbonyl (C=O) groups excluding carboxylic acids is 2. The third-order valence-electron chi connectivity index (χ3n) is 6.95. The second-order valence-corrected chi connectivity index (χ2v) is 9.19. The first-order valence-corrected chi connectivity index (χ1v) is 12.3. The van der Waals surface area contributed by atoms with Crippen LogP contribution in [-0.4, -0.2) is 55.5 Å². The van der Waals surface area contributed by atoms with E-state index < -0.39 is 11.5 Å².